The Hall–Kier alpha value is -3.32. The molecule has 0 aromatic heterocycles. The maximum Gasteiger partial charge on any atom is 0.307 e. The minimum absolute atomic E-state index is 0.0504. The van der Waals surface area contributed by atoms with Gasteiger partial charge in [-0.15, -0.1) is 0 Å². The van der Waals surface area contributed by atoms with E-state index in [9.17, 15) is 24.0 Å². The largest absolute Gasteiger partial charge is 0.469 e. The molecule has 0 saturated carbocycles. The zero-order valence-corrected chi connectivity index (χ0v) is 16.4. The van der Waals surface area contributed by atoms with Crippen LogP contribution in [-0.2, 0) is 19.1 Å². The number of benzene rings is 1. The number of nitriles is 1. The first-order chi connectivity index (χ1) is 13.8. The Morgan fingerprint density at radius 2 is 2.17 bits per heavy atom. The monoisotopic (exact) mass is 416 g/mol. The zero-order chi connectivity index (χ0) is 21.3. The number of carbonyl (C=O) groups is 3. The van der Waals surface area contributed by atoms with Crippen LogP contribution in [0.5, 0.6) is 0 Å². The van der Waals surface area contributed by atoms with Gasteiger partial charge in [-0.3, -0.25) is 19.3 Å². The molecule has 150 valence electrons. The number of nitrogens with zero attached hydrogens (tertiary/aromatic N) is 2. The number of nitrogens with two attached hydrogens (primary N) is 1. The number of halogens is 1. The Bertz CT molecular complexity index is 1010. The lowest BCUT2D eigenvalue weighted by molar-refractivity contribution is -0.142. The van der Waals surface area contributed by atoms with E-state index in [4.69, 9.17) is 5.73 Å². The molecule has 0 spiro atoms. The van der Waals surface area contributed by atoms with Gasteiger partial charge in [0.25, 0.3) is 5.91 Å². The number of ether oxygens (including phenoxy) is 1. The van der Waals surface area contributed by atoms with Crippen molar-refractivity contribution in [3.63, 3.8) is 0 Å². The number of likely N-dealkylation sites (N-methyl/N-ethyl adjacent to an activating group) is 1. The van der Waals surface area contributed by atoms with Crippen LogP contribution in [0.15, 0.2) is 46.3 Å². The van der Waals surface area contributed by atoms with Crippen molar-refractivity contribution in [2.75, 3.05) is 14.2 Å². The van der Waals surface area contributed by atoms with E-state index in [2.05, 4.69) is 10.1 Å². The second-order valence-electron chi connectivity index (χ2n) is 6.26. The number of nitrogens with one attached hydrogen (secondary N) is 1. The van der Waals surface area contributed by atoms with E-state index >= 15 is 0 Å². The van der Waals surface area contributed by atoms with E-state index < -0.39 is 34.8 Å². The van der Waals surface area contributed by atoms with E-state index in [0.29, 0.717) is 5.56 Å². The van der Waals surface area contributed by atoms with Gasteiger partial charge in [0.1, 0.15) is 16.9 Å². The third kappa shape index (κ3) is 3.45. The molecule has 1 aromatic carbocycles. The third-order valence-electron chi connectivity index (χ3n) is 4.63. The summed E-state index contributed by atoms with van der Waals surface area (Å²) in [5.41, 5.74) is 6.52. The zero-order valence-electron chi connectivity index (χ0n) is 15.6. The second kappa shape index (κ2) is 7.97. The molecular formula is C19H17FN4O4S. The minimum Gasteiger partial charge on any atom is -0.469 e. The lowest BCUT2D eigenvalue weighted by Crippen LogP contribution is -2.39. The Kier molecular flexibility index (Phi) is 5.61. The average Bonchev–Trinajstić information content (AvgIpc) is 3.03. The Balaban J connectivity index is 2.21. The molecule has 2 aliphatic rings. The van der Waals surface area contributed by atoms with E-state index in [1.807, 2.05) is 6.07 Å². The van der Waals surface area contributed by atoms with Gasteiger partial charge in [0, 0.05) is 7.05 Å². The molecule has 1 saturated heterocycles. The number of allylic oxidation sites excluding steroid dienone is 1. The third-order valence-corrected chi connectivity index (χ3v) is 5.91. The predicted octanol–water partition coefficient (Wildman–Crippen LogP) is 1.08. The fraction of sp³-hybridized carbons (Fsp3) is 0.263. The van der Waals surface area contributed by atoms with Crippen molar-refractivity contribution in [1.82, 2.24) is 10.2 Å². The standard InChI is InChI=1S/C19H17FN4O4S/c1-23-17(26)15-14(9-4-3-5-10(20)6-9)11(8-21)16(22)24-18(27)12(29-19(15)24)7-13(25)28-2/h3-6,12,14H,7,22H2,1-2H3,(H,23,26). The maximum atomic E-state index is 13.9. The first-order valence-electron chi connectivity index (χ1n) is 8.52. The summed E-state index contributed by atoms with van der Waals surface area (Å²) < 4.78 is 18.5. The van der Waals surface area contributed by atoms with Gasteiger partial charge in [-0.05, 0) is 17.7 Å². The van der Waals surface area contributed by atoms with Crippen LogP contribution in [0.3, 0.4) is 0 Å². The molecular weight excluding hydrogens is 399 g/mol. The molecule has 0 radical (unpaired) electrons. The van der Waals surface area contributed by atoms with Crippen LogP contribution in [0.1, 0.15) is 17.9 Å². The summed E-state index contributed by atoms with van der Waals surface area (Å²) in [6.45, 7) is 0. The van der Waals surface area contributed by atoms with Crippen molar-refractivity contribution in [2.24, 2.45) is 5.73 Å². The maximum absolute atomic E-state index is 13.9. The van der Waals surface area contributed by atoms with Crippen molar-refractivity contribution in [3.8, 4) is 6.07 Å². The highest BCUT2D eigenvalue weighted by molar-refractivity contribution is 8.04. The van der Waals surface area contributed by atoms with Crippen molar-refractivity contribution in [2.45, 2.75) is 17.6 Å². The van der Waals surface area contributed by atoms with E-state index in [1.165, 1.54) is 32.4 Å². The van der Waals surface area contributed by atoms with Crippen LogP contribution in [-0.4, -0.2) is 42.1 Å². The lowest BCUT2D eigenvalue weighted by atomic mass is 9.82. The van der Waals surface area contributed by atoms with Crippen molar-refractivity contribution in [3.05, 3.63) is 57.6 Å². The minimum atomic E-state index is -0.959. The summed E-state index contributed by atoms with van der Waals surface area (Å²) in [5, 5.41) is 11.6. The predicted molar refractivity (Wildman–Crippen MR) is 102 cm³/mol. The first-order valence-corrected chi connectivity index (χ1v) is 9.40. The molecule has 3 N–H and O–H groups in total. The smallest absolute Gasteiger partial charge is 0.307 e. The molecule has 1 fully saturated rings. The topological polar surface area (TPSA) is 126 Å². The SMILES string of the molecule is CNC(=O)C1=C2SC(CC(=O)OC)C(=O)N2C(N)=C(C#N)C1c1cccc(F)c1. The molecule has 2 heterocycles. The summed E-state index contributed by atoms with van der Waals surface area (Å²) >= 11 is 0.994. The van der Waals surface area contributed by atoms with Crippen LogP contribution in [0.25, 0.3) is 0 Å². The number of hydrogen-bond donors (Lipinski definition) is 2. The van der Waals surface area contributed by atoms with Gasteiger partial charge in [0.2, 0.25) is 5.91 Å². The number of thioether (sulfide) groups is 1. The highest BCUT2D eigenvalue weighted by atomic mass is 32.2. The molecule has 0 bridgehead atoms. The Morgan fingerprint density at radius 3 is 2.76 bits per heavy atom. The van der Waals surface area contributed by atoms with Crippen LogP contribution in [0, 0.1) is 17.1 Å². The molecule has 2 unspecified atom stereocenters. The number of esters is 1. The van der Waals surface area contributed by atoms with Gasteiger partial charge in [-0.2, -0.15) is 5.26 Å². The second-order valence-corrected chi connectivity index (χ2v) is 7.45. The van der Waals surface area contributed by atoms with Crippen molar-refractivity contribution < 1.29 is 23.5 Å². The first kappa shape index (κ1) is 20.4. The normalized spacial score (nSPS) is 21.0. The molecule has 29 heavy (non-hydrogen) atoms. The van der Waals surface area contributed by atoms with Gasteiger partial charge in [0.15, 0.2) is 0 Å². The number of fused-ring (bicyclic) bond motifs is 1. The summed E-state index contributed by atoms with van der Waals surface area (Å²) in [4.78, 5) is 38.4. The van der Waals surface area contributed by atoms with Gasteiger partial charge < -0.3 is 15.8 Å². The number of carbonyl (C=O) groups excluding carboxylic acids is 3. The van der Waals surface area contributed by atoms with Crippen molar-refractivity contribution >= 4 is 29.5 Å². The summed E-state index contributed by atoms with van der Waals surface area (Å²) in [7, 11) is 2.61. The molecule has 1 aromatic rings. The van der Waals surface area contributed by atoms with Gasteiger partial charge in [-0.1, -0.05) is 23.9 Å². The van der Waals surface area contributed by atoms with E-state index in [-0.39, 0.29) is 28.4 Å². The summed E-state index contributed by atoms with van der Waals surface area (Å²) in [6.07, 6.45) is -0.221. The molecule has 3 rings (SSSR count). The Labute approximate surface area is 170 Å². The van der Waals surface area contributed by atoms with E-state index in [1.54, 1.807) is 6.07 Å². The highest BCUT2D eigenvalue weighted by Gasteiger charge is 2.48. The number of rotatable bonds is 4. The highest BCUT2D eigenvalue weighted by Crippen LogP contribution is 2.49. The van der Waals surface area contributed by atoms with Crippen LogP contribution >= 0.6 is 11.8 Å². The lowest BCUT2D eigenvalue weighted by Gasteiger charge is -2.31. The quantitative estimate of drug-likeness (QED) is 0.704. The van der Waals surface area contributed by atoms with Crippen LogP contribution < -0.4 is 11.1 Å². The fourth-order valence-corrected chi connectivity index (χ4v) is 4.62. The molecule has 2 aliphatic heterocycles. The van der Waals surface area contributed by atoms with Gasteiger partial charge in [0.05, 0.1) is 41.7 Å². The average molecular weight is 416 g/mol. The van der Waals surface area contributed by atoms with Gasteiger partial charge >= 0.3 is 5.97 Å². The van der Waals surface area contributed by atoms with Crippen LogP contribution in [0.4, 0.5) is 4.39 Å². The van der Waals surface area contributed by atoms with Crippen LogP contribution in [0.2, 0.25) is 0 Å². The Morgan fingerprint density at radius 1 is 1.45 bits per heavy atom. The summed E-state index contributed by atoms with van der Waals surface area (Å²) in [5.74, 6) is -3.31. The van der Waals surface area contributed by atoms with E-state index in [0.717, 1.165) is 16.7 Å². The number of hydrogen-bond acceptors (Lipinski definition) is 7. The molecule has 2 atom stereocenters. The summed E-state index contributed by atoms with van der Waals surface area (Å²) in [6, 6.07) is 7.44. The number of methoxy groups -OCH3 is 1. The molecule has 8 nitrogen and oxygen atoms in total. The molecule has 10 heteroatoms. The van der Waals surface area contributed by atoms with Crippen molar-refractivity contribution in [1.29, 1.82) is 5.26 Å². The number of amides is 2. The molecule has 0 aliphatic carbocycles. The fourth-order valence-electron chi connectivity index (χ4n) is 3.30. The molecule has 2 amide bonds. The van der Waals surface area contributed by atoms with Gasteiger partial charge in [-0.25, -0.2) is 4.39 Å².